The maximum absolute atomic E-state index is 12.5. The molecule has 0 aromatic heterocycles. The van der Waals surface area contributed by atoms with Crippen molar-refractivity contribution in [2.45, 2.75) is 26.7 Å². The van der Waals surface area contributed by atoms with Crippen molar-refractivity contribution < 1.29 is 14.4 Å². The van der Waals surface area contributed by atoms with Crippen LogP contribution in [0.4, 0.5) is 26.7 Å². The van der Waals surface area contributed by atoms with Gasteiger partial charge in [-0.2, -0.15) is 0 Å². The SMILES string of the molecule is CNC(=O)[C@H]1CCCN(C(=O)Nc2ccc(NC(=O)Nc3ccc(C)c(C)c3)cc2)C1. The van der Waals surface area contributed by atoms with Crippen LogP contribution in [0.15, 0.2) is 42.5 Å². The number of piperidine rings is 1. The van der Waals surface area contributed by atoms with Gasteiger partial charge in [-0.05, 0) is 74.2 Å². The fraction of sp³-hybridized carbons (Fsp3) is 0.348. The van der Waals surface area contributed by atoms with Crippen LogP contribution >= 0.6 is 0 Å². The van der Waals surface area contributed by atoms with E-state index < -0.39 is 0 Å². The molecule has 2 aromatic carbocycles. The summed E-state index contributed by atoms with van der Waals surface area (Å²) in [4.78, 5) is 38.3. The van der Waals surface area contributed by atoms with E-state index >= 15 is 0 Å². The number of aryl methyl sites for hydroxylation is 2. The zero-order valence-corrected chi connectivity index (χ0v) is 18.1. The number of carbonyl (C=O) groups is 3. The highest BCUT2D eigenvalue weighted by molar-refractivity contribution is 6.00. The zero-order valence-electron chi connectivity index (χ0n) is 18.1. The minimum atomic E-state index is -0.339. The molecule has 8 heteroatoms. The quantitative estimate of drug-likeness (QED) is 0.599. The summed E-state index contributed by atoms with van der Waals surface area (Å²) in [6.07, 6.45) is 1.58. The third kappa shape index (κ3) is 5.97. The Morgan fingerprint density at radius 3 is 2.13 bits per heavy atom. The Bertz CT molecular complexity index is 958. The number of nitrogens with zero attached hydrogens (tertiary/aromatic N) is 1. The summed E-state index contributed by atoms with van der Waals surface area (Å²) < 4.78 is 0. The van der Waals surface area contributed by atoms with E-state index in [1.807, 2.05) is 32.0 Å². The summed E-state index contributed by atoms with van der Waals surface area (Å²) >= 11 is 0. The molecule has 5 amide bonds. The van der Waals surface area contributed by atoms with E-state index in [2.05, 4.69) is 21.3 Å². The Morgan fingerprint density at radius 1 is 0.871 bits per heavy atom. The second-order valence-electron chi connectivity index (χ2n) is 7.79. The van der Waals surface area contributed by atoms with Gasteiger partial charge in [0.2, 0.25) is 5.91 Å². The van der Waals surface area contributed by atoms with Crippen molar-refractivity contribution in [3.05, 3.63) is 53.6 Å². The minimum Gasteiger partial charge on any atom is -0.359 e. The standard InChI is InChI=1S/C23H29N5O3/c1-15-6-7-20(13-16(15)2)26-22(30)25-18-8-10-19(11-9-18)27-23(31)28-12-4-5-17(14-28)21(29)24-3/h6-11,13,17H,4-5,12,14H2,1-3H3,(H,24,29)(H,27,31)(H2,25,26,30)/t17-/m0/s1. The van der Waals surface area contributed by atoms with Gasteiger partial charge >= 0.3 is 12.1 Å². The van der Waals surface area contributed by atoms with E-state index in [0.29, 0.717) is 24.5 Å². The van der Waals surface area contributed by atoms with Crippen LogP contribution in [0, 0.1) is 19.8 Å². The Morgan fingerprint density at radius 2 is 1.48 bits per heavy atom. The molecule has 3 rings (SSSR count). The Balaban J connectivity index is 1.52. The molecule has 0 spiro atoms. The molecule has 0 radical (unpaired) electrons. The van der Waals surface area contributed by atoms with Crippen molar-refractivity contribution in [3.8, 4) is 0 Å². The molecular weight excluding hydrogens is 394 g/mol. The first kappa shape index (κ1) is 22.1. The van der Waals surface area contributed by atoms with Gasteiger partial charge in [-0.25, -0.2) is 9.59 Å². The Hall–Kier alpha value is -3.55. The van der Waals surface area contributed by atoms with Crippen molar-refractivity contribution in [3.63, 3.8) is 0 Å². The van der Waals surface area contributed by atoms with Crippen LogP contribution in [0.1, 0.15) is 24.0 Å². The molecular formula is C23H29N5O3. The van der Waals surface area contributed by atoms with Gasteiger partial charge in [-0.1, -0.05) is 6.07 Å². The molecule has 1 heterocycles. The number of likely N-dealkylation sites (tertiary alicyclic amines) is 1. The van der Waals surface area contributed by atoms with Crippen molar-refractivity contribution in [1.82, 2.24) is 10.2 Å². The van der Waals surface area contributed by atoms with Gasteiger partial charge in [0.25, 0.3) is 0 Å². The van der Waals surface area contributed by atoms with Gasteiger partial charge in [0.15, 0.2) is 0 Å². The molecule has 0 unspecified atom stereocenters. The van der Waals surface area contributed by atoms with E-state index in [1.54, 1.807) is 36.2 Å². The van der Waals surface area contributed by atoms with Gasteiger partial charge in [0.05, 0.1) is 5.92 Å². The fourth-order valence-corrected chi connectivity index (χ4v) is 3.53. The highest BCUT2D eigenvalue weighted by atomic mass is 16.2. The lowest BCUT2D eigenvalue weighted by molar-refractivity contribution is -0.125. The number of hydrogen-bond donors (Lipinski definition) is 4. The van der Waals surface area contributed by atoms with Crippen LogP contribution in [0.5, 0.6) is 0 Å². The topological polar surface area (TPSA) is 103 Å². The maximum atomic E-state index is 12.5. The molecule has 164 valence electrons. The van der Waals surface area contributed by atoms with Gasteiger partial charge in [0, 0.05) is 37.2 Å². The van der Waals surface area contributed by atoms with Gasteiger partial charge in [-0.15, -0.1) is 0 Å². The maximum Gasteiger partial charge on any atom is 0.323 e. The third-order valence-corrected chi connectivity index (χ3v) is 5.48. The highest BCUT2D eigenvalue weighted by Gasteiger charge is 2.27. The third-order valence-electron chi connectivity index (χ3n) is 5.48. The van der Waals surface area contributed by atoms with Crippen molar-refractivity contribution in [1.29, 1.82) is 0 Å². The van der Waals surface area contributed by atoms with Crippen LogP contribution in [0.25, 0.3) is 0 Å². The van der Waals surface area contributed by atoms with Crippen molar-refractivity contribution in [2.75, 3.05) is 36.1 Å². The van der Waals surface area contributed by atoms with E-state index in [0.717, 1.165) is 29.7 Å². The minimum absolute atomic E-state index is 0.0352. The van der Waals surface area contributed by atoms with Crippen molar-refractivity contribution >= 4 is 35.0 Å². The molecule has 1 fully saturated rings. The predicted octanol–water partition coefficient (Wildman–Crippen LogP) is 3.94. The number of carbonyl (C=O) groups excluding carboxylic acids is 3. The number of urea groups is 2. The first-order chi connectivity index (χ1) is 14.9. The summed E-state index contributed by atoms with van der Waals surface area (Å²) in [5, 5.41) is 11.1. The van der Waals surface area contributed by atoms with Gasteiger partial charge in [0.1, 0.15) is 0 Å². The van der Waals surface area contributed by atoms with Gasteiger partial charge in [-0.3, -0.25) is 4.79 Å². The molecule has 4 N–H and O–H groups in total. The summed E-state index contributed by atoms with van der Waals surface area (Å²) in [6, 6.07) is 12.1. The number of benzene rings is 2. The molecule has 0 saturated carbocycles. The number of amides is 5. The van der Waals surface area contributed by atoms with E-state index in [-0.39, 0.29) is 23.9 Å². The molecule has 1 aliphatic rings. The van der Waals surface area contributed by atoms with Crippen LogP contribution in [0.2, 0.25) is 0 Å². The molecule has 1 atom stereocenters. The summed E-state index contributed by atoms with van der Waals surface area (Å²) in [5.41, 5.74) is 4.22. The lowest BCUT2D eigenvalue weighted by atomic mass is 9.97. The lowest BCUT2D eigenvalue weighted by Crippen LogP contribution is -2.46. The van der Waals surface area contributed by atoms with Gasteiger partial charge < -0.3 is 26.2 Å². The van der Waals surface area contributed by atoms with E-state index in [4.69, 9.17) is 0 Å². The molecule has 2 aromatic rings. The average Bonchev–Trinajstić information content (AvgIpc) is 2.77. The average molecular weight is 424 g/mol. The largest absolute Gasteiger partial charge is 0.359 e. The molecule has 31 heavy (non-hydrogen) atoms. The zero-order chi connectivity index (χ0) is 22.4. The first-order valence-electron chi connectivity index (χ1n) is 10.4. The second kappa shape index (κ2) is 9.97. The fourth-order valence-electron chi connectivity index (χ4n) is 3.53. The molecule has 0 aliphatic carbocycles. The number of anilines is 3. The molecule has 1 aliphatic heterocycles. The van der Waals surface area contributed by atoms with E-state index in [9.17, 15) is 14.4 Å². The first-order valence-corrected chi connectivity index (χ1v) is 10.4. The number of rotatable bonds is 4. The van der Waals surface area contributed by atoms with Crippen LogP contribution < -0.4 is 21.3 Å². The smallest absolute Gasteiger partial charge is 0.323 e. The molecule has 0 bridgehead atoms. The van der Waals surface area contributed by atoms with Crippen molar-refractivity contribution in [2.24, 2.45) is 5.92 Å². The second-order valence-corrected chi connectivity index (χ2v) is 7.79. The van der Waals surface area contributed by atoms with Crippen LogP contribution in [0.3, 0.4) is 0 Å². The molecule has 8 nitrogen and oxygen atoms in total. The van der Waals surface area contributed by atoms with Crippen LogP contribution in [-0.4, -0.2) is 43.0 Å². The monoisotopic (exact) mass is 423 g/mol. The summed E-state index contributed by atoms with van der Waals surface area (Å²) in [7, 11) is 1.61. The summed E-state index contributed by atoms with van der Waals surface area (Å²) in [6.45, 7) is 5.04. The summed E-state index contributed by atoms with van der Waals surface area (Å²) in [5.74, 6) is -0.209. The van der Waals surface area contributed by atoms with E-state index in [1.165, 1.54) is 0 Å². The normalized spacial score (nSPS) is 15.7. The number of nitrogens with one attached hydrogen (secondary N) is 4. The number of hydrogen-bond acceptors (Lipinski definition) is 3. The Labute approximate surface area is 182 Å². The van der Waals surface area contributed by atoms with Crippen LogP contribution in [-0.2, 0) is 4.79 Å². The highest BCUT2D eigenvalue weighted by Crippen LogP contribution is 2.20. The molecule has 1 saturated heterocycles. The Kier molecular flexibility index (Phi) is 7.12. The lowest BCUT2D eigenvalue weighted by Gasteiger charge is -2.31. The predicted molar refractivity (Wildman–Crippen MR) is 122 cm³/mol.